The van der Waals surface area contributed by atoms with Crippen LogP contribution in [-0.4, -0.2) is 54.0 Å². The zero-order chi connectivity index (χ0) is 16.9. The van der Waals surface area contributed by atoms with Crippen molar-refractivity contribution in [1.29, 1.82) is 0 Å². The standard InChI is InChI=1S/C18H26N4O2/c19-18(24)22-11-9-20-12-16(22)15-8-4-5-10-21(17(15)23)13-14-6-2-1-3-7-14/h1-3,6-7,15-16,20H,4-5,8-13H2,(H2,19,24)/t15-,16?/m0/s1. The highest BCUT2D eigenvalue weighted by atomic mass is 16.2. The average Bonchev–Trinajstić information content (AvgIpc) is 2.78. The maximum Gasteiger partial charge on any atom is 0.315 e. The Bertz CT molecular complexity index is 578. The van der Waals surface area contributed by atoms with Crippen LogP contribution in [0.1, 0.15) is 24.8 Å². The summed E-state index contributed by atoms with van der Waals surface area (Å²) >= 11 is 0. The Morgan fingerprint density at radius 2 is 2.00 bits per heavy atom. The van der Waals surface area contributed by atoms with Crippen molar-refractivity contribution >= 4 is 11.9 Å². The Hall–Kier alpha value is -2.08. The number of nitrogens with zero attached hydrogens (tertiary/aromatic N) is 2. The third kappa shape index (κ3) is 3.70. The van der Waals surface area contributed by atoms with Crippen molar-refractivity contribution in [2.75, 3.05) is 26.2 Å². The van der Waals surface area contributed by atoms with E-state index >= 15 is 0 Å². The predicted octanol–water partition coefficient (Wildman–Crippen LogP) is 1.17. The Morgan fingerprint density at radius 1 is 1.21 bits per heavy atom. The molecule has 2 aliphatic heterocycles. The predicted molar refractivity (Wildman–Crippen MR) is 92.1 cm³/mol. The molecule has 0 saturated carbocycles. The number of likely N-dealkylation sites (tertiary alicyclic amines) is 1. The van der Waals surface area contributed by atoms with E-state index in [1.54, 1.807) is 4.90 Å². The van der Waals surface area contributed by atoms with Crippen LogP contribution in [0.5, 0.6) is 0 Å². The van der Waals surface area contributed by atoms with E-state index in [1.807, 2.05) is 35.2 Å². The Kier molecular flexibility index (Phi) is 5.35. The number of piperazine rings is 1. The van der Waals surface area contributed by atoms with Gasteiger partial charge in [0, 0.05) is 32.7 Å². The van der Waals surface area contributed by atoms with Crippen LogP contribution in [0.25, 0.3) is 0 Å². The normalized spacial score (nSPS) is 25.4. The number of benzene rings is 1. The molecule has 3 amide bonds. The summed E-state index contributed by atoms with van der Waals surface area (Å²) in [5.41, 5.74) is 6.68. The highest BCUT2D eigenvalue weighted by Gasteiger charge is 2.38. The van der Waals surface area contributed by atoms with E-state index in [2.05, 4.69) is 5.32 Å². The third-order valence-electron chi connectivity index (χ3n) is 5.07. The molecule has 0 bridgehead atoms. The molecule has 130 valence electrons. The molecule has 1 aromatic rings. The second-order valence-corrected chi connectivity index (χ2v) is 6.65. The number of nitrogens with one attached hydrogen (secondary N) is 1. The zero-order valence-corrected chi connectivity index (χ0v) is 14.0. The Balaban J connectivity index is 1.77. The SMILES string of the molecule is NC(=O)N1CCNCC1[C@@H]1CCCCN(Cc2ccccc2)C1=O. The van der Waals surface area contributed by atoms with Crippen LogP contribution < -0.4 is 11.1 Å². The van der Waals surface area contributed by atoms with Crippen LogP contribution in [0.15, 0.2) is 30.3 Å². The molecule has 3 N–H and O–H groups in total. The molecule has 1 unspecified atom stereocenters. The summed E-state index contributed by atoms with van der Waals surface area (Å²) in [6.07, 6.45) is 2.83. The van der Waals surface area contributed by atoms with Crippen LogP contribution in [0.4, 0.5) is 4.79 Å². The van der Waals surface area contributed by atoms with Crippen LogP contribution in [-0.2, 0) is 11.3 Å². The summed E-state index contributed by atoms with van der Waals surface area (Å²) in [6.45, 7) is 3.35. The molecule has 0 aromatic heterocycles. The number of rotatable bonds is 3. The molecule has 2 fully saturated rings. The van der Waals surface area contributed by atoms with E-state index in [1.165, 1.54) is 0 Å². The molecule has 2 aliphatic rings. The quantitative estimate of drug-likeness (QED) is 0.873. The van der Waals surface area contributed by atoms with Crippen LogP contribution >= 0.6 is 0 Å². The van der Waals surface area contributed by atoms with Crippen LogP contribution in [0.2, 0.25) is 0 Å². The third-order valence-corrected chi connectivity index (χ3v) is 5.07. The van der Waals surface area contributed by atoms with Gasteiger partial charge < -0.3 is 20.9 Å². The number of carbonyl (C=O) groups is 2. The van der Waals surface area contributed by atoms with Crippen LogP contribution in [0.3, 0.4) is 0 Å². The molecule has 2 saturated heterocycles. The number of hydrogen-bond donors (Lipinski definition) is 2. The van der Waals surface area contributed by atoms with Gasteiger partial charge in [0.05, 0.1) is 12.0 Å². The number of carbonyl (C=O) groups excluding carboxylic acids is 2. The highest BCUT2D eigenvalue weighted by Crippen LogP contribution is 2.26. The van der Waals surface area contributed by atoms with E-state index in [0.29, 0.717) is 19.6 Å². The number of urea groups is 1. The molecular weight excluding hydrogens is 304 g/mol. The highest BCUT2D eigenvalue weighted by molar-refractivity contribution is 5.81. The van der Waals surface area contributed by atoms with Gasteiger partial charge in [0.15, 0.2) is 0 Å². The molecule has 2 atom stereocenters. The number of primary amides is 1. The second kappa shape index (κ2) is 7.66. The zero-order valence-electron chi connectivity index (χ0n) is 14.0. The molecule has 24 heavy (non-hydrogen) atoms. The maximum absolute atomic E-state index is 13.1. The Labute approximate surface area is 143 Å². The summed E-state index contributed by atoms with van der Waals surface area (Å²) < 4.78 is 0. The average molecular weight is 330 g/mol. The van der Waals surface area contributed by atoms with Crippen LogP contribution in [0, 0.1) is 5.92 Å². The molecular formula is C18H26N4O2. The monoisotopic (exact) mass is 330 g/mol. The van der Waals surface area contributed by atoms with Gasteiger partial charge in [-0.25, -0.2) is 4.79 Å². The van der Waals surface area contributed by atoms with E-state index in [9.17, 15) is 9.59 Å². The lowest BCUT2D eigenvalue weighted by Gasteiger charge is -2.40. The number of nitrogens with two attached hydrogens (primary N) is 1. The van der Waals surface area contributed by atoms with Gasteiger partial charge in [-0.05, 0) is 18.4 Å². The van der Waals surface area contributed by atoms with Crippen molar-refractivity contribution in [3.05, 3.63) is 35.9 Å². The van der Waals surface area contributed by atoms with Crippen molar-refractivity contribution in [3.63, 3.8) is 0 Å². The van der Waals surface area contributed by atoms with Gasteiger partial charge in [-0.15, -0.1) is 0 Å². The first kappa shape index (κ1) is 16.8. The summed E-state index contributed by atoms with van der Waals surface area (Å²) in [6, 6.07) is 9.50. The van der Waals surface area contributed by atoms with Crippen molar-refractivity contribution in [2.24, 2.45) is 11.7 Å². The summed E-state index contributed by atoms with van der Waals surface area (Å²) in [7, 11) is 0. The minimum absolute atomic E-state index is 0.139. The van der Waals surface area contributed by atoms with E-state index < -0.39 is 6.03 Å². The molecule has 0 aliphatic carbocycles. The van der Waals surface area contributed by atoms with Gasteiger partial charge in [0.25, 0.3) is 0 Å². The minimum atomic E-state index is -0.423. The molecule has 0 radical (unpaired) electrons. The van der Waals surface area contributed by atoms with E-state index in [0.717, 1.165) is 37.9 Å². The fraction of sp³-hybridized carbons (Fsp3) is 0.556. The molecule has 2 heterocycles. The van der Waals surface area contributed by atoms with Gasteiger partial charge in [0.1, 0.15) is 0 Å². The van der Waals surface area contributed by atoms with Crippen molar-refractivity contribution in [1.82, 2.24) is 15.1 Å². The van der Waals surface area contributed by atoms with Crippen molar-refractivity contribution in [2.45, 2.75) is 31.8 Å². The summed E-state index contributed by atoms with van der Waals surface area (Å²) in [5.74, 6) is -0.0205. The first-order valence-electron chi connectivity index (χ1n) is 8.76. The molecule has 6 heteroatoms. The van der Waals surface area contributed by atoms with Gasteiger partial charge in [-0.3, -0.25) is 4.79 Å². The lowest BCUT2D eigenvalue weighted by molar-refractivity contribution is -0.137. The number of amides is 3. The first-order valence-corrected chi connectivity index (χ1v) is 8.76. The largest absolute Gasteiger partial charge is 0.351 e. The van der Waals surface area contributed by atoms with Crippen molar-refractivity contribution < 1.29 is 9.59 Å². The summed E-state index contributed by atoms with van der Waals surface area (Å²) in [5, 5.41) is 3.30. The topological polar surface area (TPSA) is 78.7 Å². The second-order valence-electron chi connectivity index (χ2n) is 6.65. The lowest BCUT2D eigenvalue weighted by Crippen LogP contribution is -2.60. The van der Waals surface area contributed by atoms with E-state index in [-0.39, 0.29) is 17.9 Å². The molecule has 1 aromatic carbocycles. The van der Waals surface area contributed by atoms with Gasteiger partial charge in [-0.2, -0.15) is 0 Å². The van der Waals surface area contributed by atoms with Gasteiger partial charge in [-0.1, -0.05) is 36.8 Å². The smallest absolute Gasteiger partial charge is 0.315 e. The van der Waals surface area contributed by atoms with Gasteiger partial charge >= 0.3 is 6.03 Å². The van der Waals surface area contributed by atoms with Crippen molar-refractivity contribution in [3.8, 4) is 0 Å². The number of hydrogen-bond acceptors (Lipinski definition) is 3. The van der Waals surface area contributed by atoms with E-state index in [4.69, 9.17) is 5.73 Å². The lowest BCUT2D eigenvalue weighted by atomic mass is 9.91. The molecule has 0 spiro atoms. The first-order chi connectivity index (χ1) is 11.7. The minimum Gasteiger partial charge on any atom is -0.351 e. The Morgan fingerprint density at radius 3 is 2.75 bits per heavy atom. The fourth-order valence-corrected chi connectivity index (χ4v) is 3.81. The summed E-state index contributed by atoms with van der Waals surface area (Å²) in [4.78, 5) is 28.5. The molecule has 6 nitrogen and oxygen atoms in total. The fourth-order valence-electron chi connectivity index (χ4n) is 3.81. The van der Waals surface area contributed by atoms with Gasteiger partial charge in [0.2, 0.25) is 5.91 Å². The maximum atomic E-state index is 13.1. The molecule has 3 rings (SSSR count).